The maximum absolute atomic E-state index is 12.6. The smallest absolute Gasteiger partial charge is 0.305 e. The zero-order valence-electron chi connectivity index (χ0n) is 68.7. The molecular weight excluding hydrogens is 1220 g/mol. The molecule has 2 atom stereocenters. The van der Waals surface area contributed by atoms with Crippen LogP contribution < -0.4 is 5.32 Å². The lowest BCUT2D eigenvalue weighted by Crippen LogP contribution is -2.45. The minimum atomic E-state index is -0.661. The highest BCUT2D eigenvalue weighted by atomic mass is 16.5. The largest absolute Gasteiger partial charge is 0.466 e. The van der Waals surface area contributed by atoms with Crippen LogP contribution in [0.1, 0.15) is 553 Å². The van der Waals surface area contributed by atoms with Crippen molar-refractivity contribution < 1.29 is 24.5 Å². The predicted octanol–water partition coefficient (Wildman–Crippen LogP) is 31.7. The first kappa shape index (κ1) is 98.6. The number of esters is 1. The van der Waals surface area contributed by atoms with E-state index < -0.39 is 12.1 Å². The van der Waals surface area contributed by atoms with Crippen molar-refractivity contribution in [2.45, 2.75) is 565 Å². The molecule has 0 saturated heterocycles. The fourth-order valence-electron chi connectivity index (χ4n) is 15.5. The number of allylic oxidation sites excluding steroid dienone is 2. The van der Waals surface area contributed by atoms with Crippen LogP contribution in [-0.2, 0) is 14.3 Å². The number of carbonyl (C=O) groups excluding carboxylic acids is 2. The van der Waals surface area contributed by atoms with Gasteiger partial charge in [-0.15, -0.1) is 0 Å². The summed E-state index contributed by atoms with van der Waals surface area (Å²) in [7, 11) is 0. The molecule has 0 aliphatic heterocycles. The summed E-state index contributed by atoms with van der Waals surface area (Å²) in [5.41, 5.74) is 0. The van der Waals surface area contributed by atoms with Gasteiger partial charge in [-0.25, -0.2) is 0 Å². The van der Waals surface area contributed by atoms with Gasteiger partial charge < -0.3 is 20.3 Å². The summed E-state index contributed by atoms with van der Waals surface area (Å²) >= 11 is 0. The van der Waals surface area contributed by atoms with Crippen LogP contribution in [0, 0.1) is 0 Å². The van der Waals surface area contributed by atoms with Crippen LogP contribution in [0.5, 0.6) is 0 Å². The molecule has 0 aromatic carbocycles. The number of nitrogens with one attached hydrogen (secondary N) is 1. The van der Waals surface area contributed by atoms with Crippen molar-refractivity contribution in [2.75, 3.05) is 13.2 Å². The SMILES string of the molecule is CCCCCCCC/C=C\CCCCCCCCCCCC(=O)OCCCCCCCCCCCCCCCCCCCCCCCCCCCCCCCCCCCCCCCCCC(=O)NC(CO)C(O)CCCCCCCCCCCCCCCCCCCCCCCCCCC. The van der Waals surface area contributed by atoms with Crippen LogP contribution in [0.25, 0.3) is 0 Å². The molecule has 0 fully saturated rings. The maximum atomic E-state index is 12.6. The molecule has 1 amide bonds. The third-order valence-corrected chi connectivity index (χ3v) is 22.6. The van der Waals surface area contributed by atoms with Gasteiger partial charge in [-0.05, 0) is 51.4 Å². The van der Waals surface area contributed by atoms with Crippen molar-refractivity contribution >= 4 is 11.9 Å². The first-order chi connectivity index (χ1) is 49.5. The van der Waals surface area contributed by atoms with E-state index in [1.807, 2.05) is 0 Å². The summed E-state index contributed by atoms with van der Waals surface area (Å²) in [6, 6.07) is -0.538. The van der Waals surface area contributed by atoms with Crippen LogP contribution in [-0.4, -0.2) is 47.4 Å². The Morgan fingerprint density at radius 1 is 0.270 bits per heavy atom. The second kappa shape index (κ2) is 90.0. The van der Waals surface area contributed by atoms with E-state index in [4.69, 9.17) is 4.74 Å². The molecule has 0 aliphatic rings. The van der Waals surface area contributed by atoms with E-state index in [-0.39, 0.29) is 18.5 Å². The fraction of sp³-hybridized carbons (Fsp3) is 0.957. The molecular formula is C94H185NO5. The molecule has 0 aromatic rings. The molecule has 0 radical (unpaired) electrons. The van der Waals surface area contributed by atoms with Crippen molar-refractivity contribution in [3.05, 3.63) is 12.2 Å². The first-order valence-corrected chi connectivity index (χ1v) is 46.9. The van der Waals surface area contributed by atoms with E-state index >= 15 is 0 Å². The summed E-state index contributed by atoms with van der Waals surface area (Å²) in [6.45, 7) is 5.02. The summed E-state index contributed by atoms with van der Waals surface area (Å²) in [5.74, 6) is 0.00370. The molecule has 596 valence electrons. The minimum absolute atomic E-state index is 0.0216. The van der Waals surface area contributed by atoms with Gasteiger partial charge in [0.2, 0.25) is 5.91 Å². The van der Waals surface area contributed by atoms with Gasteiger partial charge in [0, 0.05) is 12.8 Å². The number of hydrogen-bond acceptors (Lipinski definition) is 5. The second-order valence-electron chi connectivity index (χ2n) is 32.7. The minimum Gasteiger partial charge on any atom is -0.466 e. The Morgan fingerprint density at radius 2 is 0.470 bits per heavy atom. The Balaban J connectivity index is 3.29. The number of ether oxygens (including phenoxy) is 1. The first-order valence-electron chi connectivity index (χ1n) is 46.9. The van der Waals surface area contributed by atoms with Crippen LogP contribution >= 0.6 is 0 Å². The lowest BCUT2D eigenvalue weighted by Gasteiger charge is -2.22. The van der Waals surface area contributed by atoms with Gasteiger partial charge >= 0.3 is 5.97 Å². The molecule has 0 heterocycles. The van der Waals surface area contributed by atoms with Gasteiger partial charge in [0.15, 0.2) is 0 Å². The van der Waals surface area contributed by atoms with Crippen molar-refractivity contribution in [2.24, 2.45) is 0 Å². The zero-order valence-corrected chi connectivity index (χ0v) is 68.7. The molecule has 0 rings (SSSR count). The average molecular weight is 1410 g/mol. The molecule has 3 N–H and O–H groups in total. The van der Waals surface area contributed by atoms with Crippen LogP contribution in [0.3, 0.4) is 0 Å². The lowest BCUT2D eigenvalue weighted by atomic mass is 10.0. The van der Waals surface area contributed by atoms with E-state index in [0.717, 1.165) is 38.5 Å². The summed E-state index contributed by atoms with van der Waals surface area (Å²) < 4.78 is 5.53. The van der Waals surface area contributed by atoms with Gasteiger partial charge in [0.05, 0.1) is 25.4 Å². The van der Waals surface area contributed by atoms with E-state index in [0.29, 0.717) is 25.9 Å². The summed E-state index contributed by atoms with van der Waals surface area (Å²) in [6.07, 6.45) is 117. The molecule has 6 heteroatoms. The van der Waals surface area contributed by atoms with Crippen molar-refractivity contribution in [3.63, 3.8) is 0 Å². The second-order valence-corrected chi connectivity index (χ2v) is 32.7. The van der Waals surface area contributed by atoms with Crippen LogP contribution in [0.2, 0.25) is 0 Å². The highest BCUT2D eigenvalue weighted by Crippen LogP contribution is 2.22. The molecule has 0 saturated carbocycles. The highest BCUT2D eigenvalue weighted by Gasteiger charge is 2.20. The van der Waals surface area contributed by atoms with E-state index in [1.165, 1.54) is 482 Å². The highest BCUT2D eigenvalue weighted by molar-refractivity contribution is 5.76. The number of hydrogen-bond donors (Lipinski definition) is 3. The van der Waals surface area contributed by atoms with Crippen molar-refractivity contribution in [1.82, 2.24) is 5.32 Å². The Labute approximate surface area is 629 Å². The van der Waals surface area contributed by atoms with Gasteiger partial charge in [-0.2, -0.15) is 0 Å². The Bertz CT molecular complexity index is 1530. The van der Waals surface area contributed by atoms with E-state index in [1.54, 1.807) is 0 Å². The number of amides is 1. The number of rotatable bonds is 90. The molecule has 0 spiro atoms. The third kappa shape index (κ3) is 85.5. The number of unbranched alkanes of at least 4 members (excludes halogenated alkanes) is 77. The predicted molar refractivity (Wildman–Crippen MR) is 444 cm³/mol. The molecule has 0 aromatic heterocycles. The lowest BCUT2D eigenvalue weighted by molar-refractivity contribution is -0.143. The van der Waals surface area contributed by atoms with Crippen LogP contribution in [0.4, 0.5) is 0 Å². The topological polar surface area (TPSA) is 95.9 Å². The average Bonchev–Trinajstić information content (AvgIpc) is 1.80. The molecule has 6 nitrogen and oxygen atoms in total. The summed E-state index contributed by atoms with van der Waals surface area (Å²) in [5, 5.41) is 23.5. The van der Waals surface area contributed by atoms with Crippen LogP contribution in [0.15, 0.2) is 12.2 Å². The Morgan fingerprint density at radius 3 is 0.710 bits per heavy atom. The van der Waals surface area contributed by atoms with Gasteiger partial charge in [0.1, 0.15) is 0 Å². The van der Waals surface area contributed by atoms with Gasteiger partial charge in [-0.3, -0.25) is 9.59 Å². The summed E-state index contributed by atoms with van der Waals surface area (Å²) in [4.78, 5) is 24.8. The molecule has 0 bridgehead atoms. The molecule has 100 heavy (non-hydrogen) atoms. The standard InChI is InChI=1S/C94H185NO5/c1-3-5-7-9-11-13-15-17-19-21-23-24-25-41-44-47-51-54-58-62-66-70-74-78-82-86-92(97)91(90-96)95-93(98)87-83-79-75-71-67-63-59-55-52-48-45-42-39-37-35-33-31-29-27-26-28-30-32-34-36-38-40-43-46-49-53-57-61-65-69-73-77-81-85-89-100-94(99)88-84-80-76-72-68-64-60-56-50-22-20-18-16-14-12-10-8-6-4-2/h18,20,91-92,96-97H,3-17,19,21-90H2,1-2H3,(H,95,98)/b20-18-. The van der Waals surface area contributed by atoms with Gasteiger partial charge in [-0.1, -0.05) is 501 Å². The quantitative estimate of drug-likeness (QED) is 0.0320. The number of aliphatic hydroxyl groups is 2. The fourth-order valence-corrected chi connectivity index (χ4v) is 15.5. The van der Waals surface area contributed by atoms with E-state index in [2.05, 4.69) is 31.3 Å². The Hall–Kier alpha value is -1.40. The Kier molecular flexibility index (Phi) is 88.7. The molecule has 2 unspecified atom stereocenters. The zero-order chi connectivity index (χ0) is 71.9. The maximum Gasteiger partial charge on any atom is 0.305 e. The number of carbonyl (C=O) groups is 2. The van der Waals surface area contributed by atoms with Crippen molar-refractivity contribution in [1.29, 1.82) is 0 Å². The molecule has 0 aliphatic carbocycles. The monoisotopic (exact) mass is 1410 g/mol. The normalized spacial score (nSPS) is 12.4. The van der Waals surface area contributed by atoms with Gasteiger partial charge in [0.25, 0.3) is 0 Å². The number of aliphatic hydroxyl groups excluding tert-OH is 2. The third-order valence-electron chi connectivity index (χ3n) is 22.6. The van der Waals surface area contributed by atoms with Crippen molar-refractivity contribution in [3.8, 4) is 0 Å². The van der Waals surface area contributed by atoms with E-state index in [9.17, 15) is 19.8 Å².